The maximum absolute atomic E-state index is 12.2. The highest BCUT2D eigenvalue weighted by molar-refractivity contribution is 5.90. The first-order valence-electron chi connectivity index (χ1n) is 8.01. The van der Waals surface area contributed by atoms with Crippen LogP contribution in [0.2, 0.25) is 0 Å². The molecule has 0 fully saturated rings. The number of hydrogen-bond acceptors (Lipinski definition) is 2. The third kappa shape index (κ3) is 3.71. The fourth-order valence-electron chi connectivity index (χ4n) is 3.04. The molecule has 3 N–H and O–H groups in total. The largest absolute Gasteiger partial charge is 0.393 e. The molecule has 0 radical (unpaired) electrons. The van der Waals surface area contributed by atoms with Crippen molar-refractivity contribution in [3.05, 3.63) is 64.7 Å². The summed E-state index contributed by atoms with van der Waals surface area (Å²) in [5.74, 6) is 0. The van der Waals surface area contributed by atoms with E-state index in [1.807, 2.05) is 43.3 Å². The molecule has 0 spiro atoms. The zero-order chi connectivity index (χ0) is 16.2. The van der Waals surface area contributed by atoms with Gasteiger partial charge in [0.2, 0.25) is 0 Å². The van der Waals surface area contributed by atoms with Crippen molar-refractivity contribution in [2.24, 2.45) is 0 Å². The van der Waals surface area contributed by atoms with Crippen LogP contribution in [0.1, 0.15) is 28.7 Å². The van der Waals surface area contributed by atoms with Gasteiger partial charge in [0, 0.05) is 18.7 Å². The minimum atomic E-state index is -0.319. The van der Waals surface area contributed by atoms with Crippen LogP contribution in [0.4, 0.5) is 10.5 Å². The summed E-state index contributed by atoms with van der Waals surface area (Å²) in [6.07, 6.45) is 1.93. The van der Waals surface area contributed by atoms with Gasteiger partial charge in [0.15, 0.2) is 0 Å². The van der Waals surface area contributed by atoms with Gasteiger partial charge in [0.1, 0.15) is 0 Å². The van der Waals surface area contributed by atoms with Gasteiger partial charge in [-0.05, 0) is 48.1 Å². The summed E-state index contributed by atoms with van der Waals surface area (Å²) in [7, 11) is 0. The van der Waals surface area contributed by atoms with Crippen LogP contribution < -0.4 is 10.6 Å². The van der Waals surface area contributed by atoms with Gasteiger partial charge in [-0.3, -0.25) is 0 Å². The first-order valence-corrected chi connectivity index (χ1v) is 8.01. The zero-order valence-electron chi connectivity index (χ0n) is 13.3. The van der Waals surface area contributed by atoms with E-state index in [4.69, 9.17) is 0 Å². The Morgan fingerprint density at radius 2 is 2.04 bits per heavy atom. The number of benzene rings is 2. The fourth-order valence-corrected chi connectivity index (χ4v) is 3.04. The molecule has 0 heterocycles. The Morgan fingerprint density at radius 3 is 2.87 bits per heavy atom. The molecule has 4 nitrogen and oxygen atoms in total. The molecule has 2 aromatic carbocycles. The first-order chi connectivity index (χ1) is 11.1. The number of carbonyl (C=O) groups is 1. The third-order valence-corrected chi connectivity index (χ3v) is 4.41. The number of urea groups is 1. The average molecular weight is 310 g/mol. The topological polar surface area (TPSA) is 61.4 Å². The molecule has 2 amide bonds. The highest BCUT2D eigenvalue weighted by atomic mass is 16.3. The second-order valence-electron chi connectivity index (χ2n) is 6.07. The Kier molecular flexibility index (Phi) is 4.63. The standard InChI is InChI=1S/C19H22N2O2/c1-13-5-2-3-6-15(13)12-20-19(23)21-18-8-4-7-14-9-10-16(22)11-17(14)18/h2-8,16,22H,9-12H2,1H3,(H2,20,21,23). The van der Waals surface area contributed by atoms with Gasteiger partial charge < -0.3 is 15.7 Å². The summed E-state index contributed by atoms with van der Waals surface area (Å²) >= 11 is 0. The van der Waals surface area contributed by atoms with E-state index in [1.165, 1.54) is 5.56 Å². The molecule has 2 aromatic rings. The lowest BCUT2D eigenvalue weighted by Gasteiger charge is -2.23. The molecule has 0 aromatic heterocycles. The normalized spacial score (nSPS) is 16.5. The van der Waals surface area contributed by atoms with Crippen molar-refractivity contribution < 1.29 is 9.90 Å². The summed E-state index contributed by atoms with van der Waals surface area (Å²) in [6.45, 7) is 2.53. The number of aliphatic hydroxyl groups excluding tert-OH is 1. The summed E-state index contributed by atoms with van der Waals surface area (Å²) in [5.41, 5.74) is 5.33. The molecular formula is C19H22N2O2. The average Bonchev–Trinajstić information content (AvgIpc) is 2.55. The molecule has 120 valence electrons. The Balaban J connectivity index is 1.66. The Bertz CT molecular complexity index is 712. The van der Waals surface area contributed by atoms with Crippen molar-refractivity contribution in [1.29, 1.82) is 0 Å². The van der Waals surface area contributed by atoms with E-state index in [-0.39, 0.29) is 12.1 Å². The lowest BCUT2D eigenvalue weighted by atomic mass is 9.88. The first kappa shape index (κ1) is 15.6. The molecule has 4 heteroatoms. The van der Waals surface area contributed by atoms with E-state index in [2.05, 4.69) is 16.7 Å². The molecule has 1 atom stereocenters. The molecule has 0 aliphatic heterocycles. The Hall–Kier alpha value is -2.33. The number of carbonyl (C=O) groups excluding carboxylic acids is 1. The number of rotatable bonds is 3. The molecule has 23 heavy (non-hydrogen) atoms. The smallest absolute Gasteiger partial charge is 0.319 e. The van der Waals surface area contributed by atoms with Crippen molar-refractivity contribution in [2.45, 2.75) is 38.8 Å². The summed E-state index contributed by atoms with van der Waals surface area (Å²) < 4.78 is 0. The zero-order valence-corrected chi connectivity index (χ0v) is 13.3. The van der Waals surface area contributed by atoms with Crippen molar-refractivity contribution >= 4 is 11.7 Å². The van der Waals surface area contributed by atoms with Crippen molar-refractivity contribution in [1.82, 2.24) is 5.32 Å². The van der Waals surface area contributed by atoms with E-state index in [9.17, 15) is 9.90 Å². The molecule has 3 rings (SSSR count). The number of amides is 2. The lowest BCUT2D eigenvalue weighted by molar-refractivity contribution is 0.159. The molecule has 0 saturated heterocycles. The maximum atomic E-state index is 12.2. The van der Waals surface area contributed by atoms with E-state index < -0.39 is 0 Å². The number of fused-ring (bicyclic) bond motifs is 1. The van der Waals surface area contributed by atoms with Crippen LogP contribution in [0, 0.1) is 6.92 Å². The summed E-state index contributed by atoms with van der Waals surface area (Å²) in [5, 5.41) is 15.7. The molecule has 0 bridgehead atoms. The highest BCUT2D eigenvalue weighted by Gasteiger charge is 2.19. The molecular weight excluding hydrogens is 288 g/mol. The second-order valence-corrected chi connectivity index (χ2v) is 6.07. The van der Waals surface area contributed by atoms with E-state index in [0.29, 0.717) is 13.0 Å². The minimum absolute atomic E-state index is 0.221. The van der Waals surface area contributed by atoms with Crippen LogP contribution in [-0.4, -0.2) is 17.2 Å². The van der Waals surface area contributed by atoms with Crippen molar-refractivity contribution in [3.8, 4) is 0 Å². The van der Waals surface area contributed by atoms with E-state index in [0.717, 1.165) is 35.2 Å². The van der Waals surface area contributed by atoms with Crippen LogP contribution in [-0.2, 0) is 19.4 Å². The number of aryl methyl sites for hydroxylation is 2. The van der Waals surface area contributed by atoms with Crippen LogP contribution in [0.25, 0.3) is 0 Å². The Labute approximate surface area is 136 Å². The predicted molar refractivity (Wildman–Crippen MR) is 91.5 cm³/mol. The van der Waals surface area contributed by atoms with Gasteiger partial charge in [0.25, 0.3) is 0 Å². The van der Waals surface area contributed by atoms with Crippen LogP contribution in [0.3, 0.4) is 0 Å². The van der Waals surface area contributed by atoms with Gasteiger partial charge in [-0.1, -0.05) is 36.4 Å². The SMILES string of the molecule is Cc1ccccc1CNC(=O)Nc1cccc2c1CC(O)CC2. The van der Waals surface area contributed by atoms with E-state index in [1.54, 1.807) is 0 Å². The molecule has 1 aliphatic carbocycles. The quantitative estimate of drug-likeness (QED) is 0.815. The summed E-state index contributed by atoms with van der Waals surface area (Å²) in [4.78, 5) is 12.2. The van der Waals surface area contributed by atoms with Gasteiger partial charge >= 0.3 is 6.03 Å². The minimum Gasteiger partial charge on any atom is -0.393 e. The van der Waals surface area contributed by atoms with Crippen molar-refractivity contribution in [3.63, 3.8) is 0 Å². The van der Waals surface area contributed by atoms with Crippen molar-refractivity contribution in [2.75, 3.05) is 5.32 Å². The van der Waals surface area contributed by atoms with Gasteiger partial charge in [-0.25, -0.2) is 4.79 Å². The van der Waals surface area contributed by atoms with Crippen LogP contribution in [0.15, 0.2) is 42.5 Å². The fraction of sp³-hybridized carbons (Fsp3) is 0.316. The number of anilines is 1. The van der Waals surface area contributed by atoms with Gasteiger partial charge in [0.05, 0.1) is 6.10 Å². The lowest BCUT2D eigenvalue weighted by Crippen LogP contribution is -2.30. The number of aliphatic hydroxyl groups is 1. The monoisotopic (exact) mass is 310 g/mol. The van der Waals surface area contributed by atoms with E-state index >= 15 is 0 Å². The Morgan fingerprint density at radius 1 is 1.22 bits per heavy atom. The van der Waals surface area contributed by atoms with Gasteiger partial charge in [-0.2, -0.15) is 0 Å². The predicted octanol–water partition coefficient (Wildman–Crippen LogP) is 3.17. The number of nitrogens with one attached hydrogen (secondary N) is 2. The summed E-state index contributed by atoms with van der Waals surface area (Å²) in [6, 6.07) is 13.7. The second kappa shape index (κ2) is 6.84. The highest BCUT2D eigenvalue weighted by Crippen LogP contribution is 2.28. The molecule has 0 saturated carbocycles. The number of hydrogen-bond donors (Lipinski definition) is 3. The molecule has 1 aliphatic rings. The third-order valence-electron chi connectivity index (χ3n) is 4.41. The molecule has 1 unspecified atom stereocenters. The van der Waals surface area contributed by atoms with Gasteiger partial charge in [-0.15, -0.1) is 0 Å². The van der Waals surface area contributed by atoms with Crippen LogP contribution >= 0.6 is 0 Å². The maximum Gasteiger partial charge on any atom is 0.319 e. The van der Waals surface area contributed by atoms with Crippen LogP contribution in [0.5, 0.6) is 0 Å².